The van der Waals surface area contributed by atoms with E-state index in [0.717, 1.165) is 0 Å². The van der Waals surface area contributed by atoms with Crippen LogP contribution < -0.4 is 5.32 Å². The molecule has 0 unspecified atom stereocenters. The predicted molar refractivity (Wildman–Crippen MR) is 82.6 cm³/mol. The first-order chi connectivity index (χ1) is 10.5. The number of aromatic nitrogens is 2. The van der Waals surface area contributed by atoms with Crippen molar-refractivity contribution in [1.82, 2.24) is 15.1 Å². The maximum absolute atomic E-state index is 12.0. The molecule has 0 aliphatic carbocycles. The molecule has 23 heavy (non-hydrogen) atoms. The van der Waals surface area contributed by atoms with E-state index in [1.54, 1.807) is 25.5 Å². The Morgan fingerprint density at radius 1 is 1.35 bits per heavy atom. The van der Waals surface area contributed by atoms with Gasteiger partial charge in [0, 0.05) is 24.4 Å². The van der Waals surface area contributed by atoms with Crippen molar-refractivity contribution in [2.24, 2.45) is 0 Å². The van der Waals surface area contributed by atoms with E-state index >= 15 is 0 Å². The third-order valence-electron chi connectivity index (χ3n) is 3.27. The molecule has 1 rings (SSSR count). The number of Topliss-reactive ketones (excluding diaryl/α,β-unsaturated/α-hetero) is 1. The van der Waals surface area contributed by atoms with Crippen molar-refractivity contribution in [2.75, 3.05) is 12.3 Å². The van der Waals surface area contributed by atoms with Crippen LogP contribution >= 0.6 is 11.8 Å². The highest BCUT2D eigenvalue weighted by molar-refractivity contribution is 8.00. The maximum atomic E-state index is 12.0. The molecule has 0 aliphatic rings. The van der Waals surface area contributed by atoms with Gasteiger partial charge in [0.1, 0.15) is 0 Å². The molecule has 1 N–H and O–H groups in total. The molecule has 0 saturated carbocycles. The average molecular weight is 351 g/mol. The third kappa shape index (κ3) is 5.89. The van der Waals surface area contributed by atoms with Crippen LogP contribution in [0.1, 0.15) is 48.1 Å². The van der Waals surface area contributed by atoms with Gasteiger partial charge in [-0.25, -0.2) is 0 Å². The smallest absolute Gasteiger partial charge is 0.355 e. The fraction of sp³-hybridized carbons (Fsp3) is 0.643. The highest BCUT2D eigenvalue weighted by atomic mass is 32.2. The SMILES string of the molecule is CC(=O)c1c(C)nn([C@H](C)CC(=O)NCCSC(F)(F)F)c1C. The minimum absolute atomic E-state index is 0.0501. The lowest BCUT2D eigenvalue weighted by Crippen LogP contribution is -2.28. The van der Waals surface area contributed by atoms with Crippen LogP contribution in [0.25, 0.3) is 0 Å². The summed E-state index contributed by atoms with van der Waals surface area (Å²) in [6, 6.07) is -0.294. The summed E-state index contributed by atoms with van der Waals surface area (Å²) < 4.78 is 37.5. The predicted octanol–water partition coefficient (Wildman–Crippen LogP) is 3.02. The summed E-state index contributed by atoms with van der Waals surface area (Å²) in [6.07, 6.45) is 0.0794. The molecule has 0 aliphatic heterocycles. The van der Waals surface area contributed by atoms with E-state index in [0.29, 0.717) is 17.0 Å². The zero-order valence-electron chi connectivity index (χ0n) is 13.5. The van der Waals surface area contributed by atoms with Crippen LogP contribution in [0.15, 0.2) is 0 Å². The Balaban J connectivity index is 2.56. The van der Waals surface area contributed by atoms with Gasteiger partial charge >= 0.3 is 5.51 Å². The Hall–Kier alpha value is -1.51. The fourth-order valence-electron chi connectivity index (χ4n) is 2.39. The Morgan fingerprint density at radius 3 is 2.43 bits per heavy atom. The molecule has 5 nitrogen and oxygen atoms in total. The molecular weight excluding hydrogens is 331 g/mol. The molecule has 1 aromatic heterocycles. The van der Waals surface area contributed by atoms with Gasteiger partial charge < -0.3 is 5.32 Å². The van der Waals surface area contributed by atoms with Crippen LogP contribution in [0.2, 0.25) is 0 Å². The van der Waals surface area contributed by atoms with Gasteiger partial charge in [-0.1, -0.05) is 0 Å². The van der Waals surface area contributed by atoms with Gasteiger partial charge in [-0.05, 0) is 39.5 Å². The lowest BCUT2D eigenvalue weighted by molar-refractivity contribution is -0.121. The number of hydrogen-bond acceptors (Lipinski definition) is 4. The molecule has 1 aromatic rings. The second-order valence-electron chi connectivity index (χ2n) is 5.24. The zero-order chi connectivity index (χ0) is 17.8. The standard InChI is InChI=1S/C14H20F3N3O2S/c1-8(7-12(22)18-5-6-23-14(15,16)17)20-10(3)13(11(4)21)9(2)19-20/h8H,5-7H2,1-4H3,(H,18,22)/t8-/m1/s1. The van der Waals surface area contributed by atoms with Crippen molar-refractivity contribution in [3.8, 4) is 0 Å². The van der Waals surface area contributed by atoms with Crippen molar-refractivity contribution in [3.63, 3.8) is 0 Å². The van der Waals surface area contributed by atoms with Gasteiger partial charge in [0.25, 0.3) is 0 Å². The molecule has 0 fully saturated rings. The fourth-order valence-corrected chi connectivity index (χ4v) is 2.82. The van der Waals surface area contributed by atoms with E-state index in [9.17, 15) is 22.8 Å². The Bertz CT molecular complexity index is 585. The molecule has 0 aromatic carbocycles. The largest absolute Gasteiger partial charge is 0.441 e. The molecule has 0 saturated heterocycles. The quantitative estimate of drug-likeness (QED) is 0.606. The molecule has 0 bridgehead atoms. The lowest BCUT2D eigenvalue weighted by atomic mass is 10.1. The summed E-state index contributed by atoms with van der Waals surface area (Å²) in [4.78, 5) is 23.4. The minimum Gasteiger partial charge on any atom is -0.355 e. The van der Waals surface area contributed by atoms with Crippen LogP contribution in [-0.2, 0) is 4.79 Å². The van der Waals surface area contributed by atoms with Crippen molar-refractivity contribution < 1.29 is 22.8 Å². The number of halogens is 3. The first kappa shape index (κ1) is 19.5. The Kier molecular flexibility index (Phi) is 6.67. The number of amides is 1. The molecule has 0 spiro atoms. The van der Waals surface area contributed by atoms with E-state index in [2.05, 4.69) is 10.4 Å². The topological polar surface area (TPSA) is 64.0 Å². The van der Waals surface area contributed by atoms with Gasteiger partial charge in [0.2, 0.25) is 5.91 Å². The van der Waals surface area contributed by atoms with Crippen LogP contribution in [0.3, 0.4) is 0 Å². The van der Waals surface area contributed by atoms with E-state index < -0.39 is 5.51 Å². The first-order valence-corrected chi connectivity index (χ1v) is 8.05. The Labute approximate surface area is 137 Å². The highest BCUT2D eigenvalue weighted by Crippen LogP contribution is 2.29. The second-order valence-corrected chi connectivity index (χ2v) is 6.40. The number of ketones is 1. The van der Waals surface area contributed by atoms with Gasteiger partial charge in [-0.3, -0.25) is 14.3 Å². The number of nitrogens with one attached hydrogen (secondary N) is 1. The summed E-state index contributed by atoms with van der Waals surface area (Å²) in [7, 11) is 0. The van der Waals surface area contributed by atoms with E-state index in [-0.39, 0.29) is 48.2 Å². The van der Waals surface area contributed by atoms with Crippen LogP contribution in [-0.4, -0.2) is 39.3 Å². The zero-order valence-corrected chi connectivity index (χ0v) is 14.3. The van der Waals surface area contributed by atoms with Crippen molar-refractivity contribution >= 4 is 23.5 Å². The highest BCUT2D eigenvalue weighted by Gasteiger charge is 2.27. The van der Waals surface area contributed by atoms with Crippen molar-refractivity contribution in [1.29, 1.82) is 0 Å². The summed E-state index contributed by atoms with van der Waals surface area (Å²) in [5.41, 5.74) is -2.46. The maximum Gasteiger partial charge on any atom is 0.441 e. The van der Waals surface area contributed by atoms with Crippen molar-refractivity contribution in [3.05, 3.63) is 17.0 Å². The number of carbonyl (C=O) groups excluding carboxylic acids is 2. The molecule has 1 atom stereocenters. The molecule has 9 heteroatoms. The van der Waals surface area contributed by atoms with E-state index in [4.69, 9.17) is 0 Å². The van der Waals surface area contributed by atoms with E-state index in [1.165, 1.54) is 6.92 Å². The lowest BCUT2D eigenvalue weighted by Gasteiger charge is -2.14. The molecule has 1 amide bonds. The summed E-state index contributed by atoms with van der Waals surface area (Å²) in [5.74, 6) is -0.665. The third-order valence-corrected chi connectivity index (χ3v) is 4.00. The number of alkyl halides is 3. The molecule has 1 heterocycles. The van der Waals surface area contributed by atoms with Crippen LogP contribution in [0.4, 0.5) is 13.2 Å². The monoisotopic (exact) mass is 351 g/mol. The minimum atomic E-state index is -4.29. The number of carbonyl (C=O) groups is 2. The molecular formula is C14H20F3N3O2S. The normalized spacial score (nSPS) is 13.0. The van der Waals surface area contributed by atoms with Gasteiger partial charge in [-0.15, -0.1) is 0 Å². The number of hydrogen-bond donors (Lipinski definition) is 1. The van der Waals surface area contributed by atoms with Gasteiger partial charge in [-0.2, -0.15) is 18.3 Å². The van der Waals surface area contributed by atoms with Crippen LogP contribution in [0, 0.1) is 13.8 Å². The number of nitrogens with zero attached hydrogens (tertiary/aromatic N) is 2. The number of thioether (sulfide) groups is 1. The summed E-state index contributed by atoms with van der Waals surface area (Å²) in [5, 5.41) is 6.73. The van der Waals surface area contributed by atoms with Crippen LogP contribution in [0.5, 0.6) is 0 Å². The molecule has 0 radical (unpaired) electrons. The Morgan fingerprint density at radius 2 is 1.96 bits per heavy atom. The average Bonchev–Trinajstić information content (AvgIpc) is 2.69. The van der Waals surface area contributed by atoms with Crippen molar-refractivity contribution in [2.45, 2.75) is 45.7 Å². The van der Waals surface area contributed by atoms with Gasteiger partial charge in [0.15, 0.2) is 5.78 Å². The summed E-state index contributed by atoms with van der Waals surface area (Å²) in [6.45, 7) is 6.66. The van der Waals surface area contributed by atoms with E-state index in [1.807, 2.05) is 0 Å². The summed E-state index contributed by atoms with van der Waals surface area (Å²) >= 11 is -0.168. The van der Waals surface area contributed by atoms with Gasteiger partial charge in [0.05, 0.1) is 17.3 Å². The number of aryl methyl sites for hydroxylation is 1. The molecule has 130 valence electrons. The second kappa shape index (κ2) is 7.85. The number of rotatable bonds is 7. The first-order valence-electron chi connectivity index (χ1n) is 7.07.